The van der Waals surface area contributed by atoms with E-state index >= 15 is 0 Å². The number of nitrogens with two attached hydrogens (primary N) is 2. The van der Waals surface area contributed by atoms with E-state index in [2.05, 4.69) is 10.3 Å². The molecule has 1 aliphatic heterocycles. The van der Waals surface area contributed by atoms with Crippen molar-refractivity contribution in [1.82, 2.24) is 5.32 Å². The van der Waals surface area contributed by atoms with Crippen molar-refractivity contribution in [3.05, 3.63) is 0 Å². The van der Waals surface area contributed by atoms with Crippen LogP contribution in [0.25, 0.3) is 0 Å². The first-order chi connectivity index (χ1) is 8.80. The number of nitrogens with one attached hydrogen (secondary N) is 1. The summed E-state index contributed by atoms with van der Waals surface area (Å²) in [5, 5.41) is 11.9. The lowest BCUT2D eigenvalue weighted by Crippen LogP contribution is -2.44. The maximum atomic E-state index is 11.3. The Balaban J connectivity index is 2.41. The Kier molecular flexibility index (Phi) is 5.55. The Labute approximate surface area is 112 Å². The zero-order valence-electron chi connectivity index (χ0n) is 10.6. The van der Waals surface area contributed by atoms with Crippen molar-refractivity contribution < 1.29 is 18.3 Å². The number of aliphatic carboxylic acids is 1. The summed E-state index contributed by atoms with van der Waals surface area (Å²) in [7, 11) is -3.01. The maximum Gasteiger partial charge on any atom is 0.320 e. The predicted molar refractivity (Wildman–Crippen MR) is 71.5 cm³/mol. The van der Waals surface area contributed by atoms with E-state index in [4.69, 9.17) is 16.6 Å². The van der Waals surface area contributed by atoms with E-state index in [-0.39, 0.29) is 23.5 Å². The fourth-order valence-corrected chi connectivity index (χ4v) is 3.68. The Morgan fingerprint density at radius 1 is 1.47 bits per heavy atom. The molecule has 8 nitrogen and oxygen atoms in total. The molecule has 1 saturated heterocycles. The molecule has 0 saturated carbocycles. The Hall–Kier alpha value is -1.35. The van der Waals surface area contributed by atoms with Crippen LogP contribution in [-0.2, 0) is 14.6 Å². The summed E-state index contributed by atoms with van der Waals surface area (Å²) in [5.41, 5.74) is 10.3. The summed E-state index contributed by atoms with van der Waals surface area (Å²) in [4.78, 5) is 14.8. The summed E-state index contributed by atoms with van der Waals surface area (Å²) < 4.78 is 22.6. The fraction of sp³-hybridized carbons (Fsp3) is 0.800. The normalized spacial score (nSPS) is 22.8. The van der Waals surface area contributed by atoms with Crippen LogP contribution in [0.3, 0.4) is 0 Å². The lowest BCUT2D eigenvalue weighted by molar-refractivity contribution is -0.139. The smallest absolute Gasteiger partial charge is 0.320 e. The summed E-state index contributed by atoms with van der Waals surface area (Å²) in [5.74, 6) is -0.897. The second-order valence-electron chi connectivity index (χ2n) is 4.61. The number of rotatable bonds is 7. The molecule has 19 heavy (non-hydrogen) atoms. The van der Waals surface area contributed by atoms with E-state index in [1.54, 1.807) is 0 Å². The lowest BCUT2D eigenvalue weighted by Gasteiger charge is -2.18. The van der Waals surface area contributed by atoms with Gasteiger partial charge in [0.15, 0.2) is 15.8 Å². The molecule has 0 unspecified atom stereocenters. The third-order valence-corrected chi connectivity index (χ3v) is 4.68. The van der Waals surface area contributed by atoms with Gasteiger partial charge in [-0.1, -0.05) is 0 Å². The Bertz CT molecular complexity index is 444. The minimum absolute atomic E-state index is 0.00464. The number of hydrogen-bond donors (Lipinski definition) is 4. The van der Waals surface area contributed by atoms with Crippen LogP contribution in [0.2, 0.25) is 0 Å². The van der Waals surface area contributed by atoms with Gasteiger partial charge < -0.3 is 21.9 Å². The standard InChI is InChI=1S/C10H20N4O4S/c11-10(12)13-4-1-2-8(9(15)16)14-7-3-5-19(17,18)6-7/h7-8,14H,1-6H2,(H,15,16)(H4,11,12,13)/t7-,8-/m0/s1. The van der Waals surface area contributed by atoms with Crippen LogP contribution in [0.1, 0.15) is 19.3 Å². The van der Waals surface area contributed by atoms with Crippen LogP contribution < -0.4 is 16.8 Å². The molecule has 2 atom stereocenters. The van der Waals surface area contributed by atoms with E-state index in [0.717, 1.165) is 0 Å². The number of nitrogens with zero attached hydrogens (tertiary/aromatic N) is 1. The van der Waals surface area contributed by atoms with Gasteiger partial charge >= 0.3 is 5.97 Å². The average molecular weight is 292 g/mol. The quantitative estimate of drug-likeness (QED) is 0.247. The number of sulfone groups is 1. The summed E-state index contributed by atoms with van der Waals surface area (Å²) >= 11 is 0. The number of hydrogen-bond acceptors (Lipinski definition) is 5. The summed E-state index contributed by atoms with van der Waals surface area (Å²) in [6.07, 6.45) is 1.32. The van der Waals surface area contributed by atoms with Crippen LogP contribution >= 0.6 is 0 Å². The highest BCUT2D eigenvalue weighted by Gasteiger charge is 2.30. The molecule has 1 aliphatic rings. The van der Waals surface area contributed by atoms with Crippen LogP contribution in [0.15, 0.2) is 4.99 Å². The Morgan fingerprint density at radius 3 is 2.63 bits per heavy atom. The highest BCUT2D eigenvalue weighted by atomic mass is 32.2. The van der Waals surface area contributed by atoms with Gasteiger partial charge in [-0.25, -0.2) is 8.42 Å². The zero-order valence-corrected chi connectivity index (χ0v) is 11.4. The molecular weight excluding hydrogens is 272 g/mol. The summed E-state index contributed by atoms with van der Waals surface area (Å²) in [6, 6.07) is -1.05. The number of carboxylic acid groups (broad SMARTS) is 1. The first-order valence-electron chi connectivity index (χ1n) is 6.05. The molecule has 9 heteroatoms. The summed E-state index contributed by atoms with van der Waals surface area (Å²) in [6.45, 7) is 0.358. The lowest BCUT2D eigenvalue weighted by atomic mass is 10.1. The van der Waals surface area contributed by atoms with Crippen LogP contribution in [0.5, 0.6) is 0 Å². The predicted octanol–water partition coefficient (Wildman–Crippen LogP) is -1.73. The van der Waals surface area contributed by atoms with Crippen molar-refractivity contribution >= 4 is 21.8 Å². The first-order valence-corrected chi connectivity index (χ1v) is 7.87. The van der Waals surface area contributed by atoms with Crippen molar-refractivity contribution in [2.75, 3.05) is 18.1 Å². The largest absolute Gasteiger partial charge is 0.480 e. The van der Waals surface area contributed by atoms with E-state index in [9.17, 15) is 13.2 Å². The molecule has 1 rings (SSSR count). The third-order valence-electron chi connectivity index (χ3n) is 2.91. The molecule has 0 aromatic carbocycles. The fourth-order valence-electron chi connectivity index (χ4n) is 1.99. The molecule has 1 heterocycles. The minimum Gasteiger partial charge on any atom is -0.480 e. The molecule has 6 N–H and O–H groups in total. The number of carboxylic acids is 1. The molecule has 1 fully saturated rings. The third kappa shape index (κ3) is 5.88. The maximum absolute atomic E-state index is 11.3. The van der Waals surface area contributed by atoms with Gasteiger partial charge in [-0.05, 0) is 19.3 Å². The van der Waals surface area contributed by atoms with Gasteiger partial charge in [0.1, 0.15) is 6.04 Å². The van der Waals surface area contributed by atoms with Crippen molar-refractivity contribution in [2.45, 2.75) is 31.3 Å². The highest BCUT2D eigenvalue weighted by molar-refractivity contribution is 7.91. The second-order valence-corrected chi connectivity index (χ2v) is 6.83. The molecule has 0 aromatic rings. The Morgan fingerprint density at radius 2 is 2.16 bits per heavy atom. The van der Waals surface area contributed by atoms with Crippen molar-refractivity contribution in [2.24, 2.45) is 16.5 Å². The van der Waals surface area contributed by atoms with Crippen LogP contribution in [-0.4, -0.2) is 55.6 Å². The molecular formula is C10H20N4O4S. The van der Waals surface area contributed by atoms with Gasteiger partial charge in [-0.15, -0.1) is 0 Å². The van der Waals surface area contributed by atoms with Gasteiger partial charge in [-0.3, -0.25) is 9.79 Å². The first kappa shape index (κ1) is 15.7. The topological polar surface area (TPSA) is 148 Å². The highest BCUT2D eigenvalue weighted by Crippen LogP contribution is 2.13. The molecule has 0 aliphatic carbocycles. The van der Waals surface area contributed by atoms with E-state index in [0.29, 0.717) is 25.8 Å². The van der Waals surface area contributed by atoms with Gasteiger partial charge in [0.05, 0.1) is 11.5 Å². The number of carbonyl (C=O) groups is 1. The minimum atomic E-state index is -3.01. The second kappa shape index (κ2) is 6.71. The van der Waals surface area contributed by atoms with E-state index in [1.807, 2.05) is 0 Å². The van der Waals surface area contributed by atoms with E-state index in [1.165, 1.54) is 0 Å². The van der Waals surface area contributed by atoms with Crippen molar-refractivity contribution in [1.29, 1.82) is 0 Å². The molecule has 0 aromatic heterocycles. The SMILES string of the molecule is NC(N)=NCCC[C@H](N[C@H]1CCS(=O)(=O)C1)C(=O)O. The molecule has 0 radical (unpaired) electrons. The van der Waals surface area contributed by atoms with Gasteiger partial charge in [-0.2, -0.15) is 0 Å². The van der Waals surface area contributed by atoms with Crippen LogP contribution in [0, 0.1) is 0 Å². The average Bonchev–Trinajstić information content (AvgIpc) is 2.62. The van der Waals surface area contributed by atoms with Crippen molar-refractivity contribution in [3.63, 3.8) is 0 Å². The van der Waals surface area contributed by atoms with Gasteiger partial charge in [0.2, 0.25) is 0 Å². The zero-order chi connectivity index (χ0) is 14.5. The number of guanidine groups is 1. The van der Waals surface area contributed by atoms with Gasteiger partial charge in [0, 0.05) is 12.6 Å². The van der Waals surface area contributed by atoms with E-state index < -0.39 is 21.8 Å². The van der Waals surface area contributed by atoms with Crippen LogP contribution in [0.4, 0.5) is 0 Å². The molecule has 110 valence electrons. The molecule has 0 amide bonds. The molecule has 0 spiro atoms. The monoisotopic (exact) mass is 292 g/mol. The van der Waals surface area contributed by atoms with Gasteiger partial charge in [0.25, 0.3) is 0 Å². The molecule has 0 bridgehead atoms. The van der Waals surface area contributed by atoms with Crippen molar-refractivity contribution in [3.8, 4) is 0 Å². The number of aliphatic imine (C=N–C) groups is 1.